The van der Waals surface area contributed by atoms with E-state index < -0.39 is 0 Å². The first-order valence-electron chi connectivity index (χ1n) is 17.7. The highest BCUT2D eigenvalue weighted by Crippen LogP contribution is 2.50. The Kier molecular flexibility index (Phi) is 7.88. The van der Waals surface area contributed by atoms with Gasteiger partial charge in [-0.2, -0.15) is 0 Å². The van der Waals surface area contributed by atoms with Gasteiger partial charge in [0.2, 0.25) is 17.7 Å². The van der Waals surface area contributed by atoms with Crippen LogP contribution < -0.4 is 14.8 Å². The van der Waals surface area contributed by atoms with Crippen LogP contribution in [0.2, 0.25) is 10.0 Å². The molecule has 258 valence electrons. The van der Waals surface area contributed by atoms with Crippen molar-refractivity contribution in [3.05, 3.63) is 80.8 Å². The van der Waals surface area contributed by atoms with E-state index in [1.807, 2.05) is 36.4 Å². The number of rotatable bonds is 7. The fourth-order valence-corrected chi connectivity index (χ4v) is 10.0. The van der Waals surface area contributed by atoms with Crippen LogP contribution in [-0.4, -0.2) is 72.6 Å². The first-order chi connectivity index (χ1) is 24.3. The maximum atomic E-state index is 11.9. The number of aromatic nitrogens is 2. The molecule has 4 aromatic rings. The Morgan fingerprint density at radius 2 is 1.28 bits per heavy atom. The number of hydrogen-bond donors (Lipinski definition) is 1. The molecular formula is C40H41Cl2N5O3. The van der Waals surface area contributed by atoms with Crippen LogP contribution in [0.4, 0.5) is 0 Å². The van der Waals surface area contributed by atoms with Crippen LogP contribution >= 0.6 is 23.2 Å². The van der Waals surface area contributed by atoms with Gasteiger partial charge in [-0.15, -0.1) is 0 Å². The number of nitrogens with zero attached hydrogens (tertiary/aromatic N) is 4. The molecule has 1 N–H and O–H groups in total. The number of hydrogen-bond acceptors (Lipinski definition) is 7. The topological polar surface area (TPSA) is 79.8 Å². The number of carbonyl (C=O) groups excluding carboxylic acids is 1. The standard InChI is InChI=1S/C40H41Cl2N5O3/c1-22-17-46(18-22)31-12-10-23-14-29(44-38(49-2)34(23)31)27-8-4-6-25(36(27)41)26-7-5-9-28(37(26)42)30-15-24-11-13-32(35(24)39(45-30)50-3)47-20-40(21-47)16-33(48)43-19-40/h4-9,14-15,22,31-32H,10-13,16-21H2,1-3H3,(H,43,48). The summed E-state index contributed by atoms with van der Waals surface area (Å²) >= 11 is 14.5. The number of fused-ring (bicyclic) bond motifs is 2. The number of likely N-dealkylation sites (tertiary alicyclic amines) is 2. The van der Waals surface area contributed by atoms with Crippen LogP contribution in [0.25, 0.3) is 33.6 Å². The molecule has 2 aromatic carbocycles. The van der Waals surface area contributed by atoms with E-state index in [9.17, 15) is 4.79 Å². The van der Waals surface area contributed by atoms with Crippen molar-refractivity contribution < 1.29 is 14.3 Å². The minimum absolute atomic E-state index is 0.0749. The molecule has 0 bridgehead atoms. The van der Waals surface area contributed by atoms with Gasteiger partial charge in [0.05, 0.1) is 35.7 Å². The lowest BCUT2D eigenvalue weighted by Crippen LogP contribution is -2.58. The first kappa shape index (κ1) is 32.2. The molecule has 1 spiro atoms. The van der Waals surface area contributed by atoms with Crippen molar-refractivity contribution in [2.75, 3.05) is 46.9 Å². The van der Waals surface area contributed by atoms with Crippen LogP contribution in [0.5, 0.6) is 11.8 Å². The van der Waals surface area contributed by atoms with Gasteiger partial charge in [-0.1, -0.05) is 66.5 Å². The molecule has 8 nitrogen and oxygen atoms in total. The average molecular weight is 711 g/mol. The van der Waals surface area contributed by atoms with Gasteiger partial charge in [-0.05, 0) is 54.9 Å². The SMILES string of the molecule is COc1nc(-c2cccc(-c3cccc(-c4cc5c(c(OC)n4)C(N4CC6(CNC(=O)C6)C4)CC5)c3Cl)c2Cl)cc2c1C(N1CC(C)C1)CC2. The smallest absolute Gasteiger partial charge is 0.220 e. The molecule has 0 radical (unpaired) electrons. The number of nitrogens with one attached hydrogen (secondary N) is 1. The highest BCUT2D eigenvalue weighted by atomic mass is 35.5. The summed E-state index contributed by atoms with van der Waals surface area (Å²) in [5.74, 6) is 2.24. The van der Waals surface area contributed by atoms with E-state index in [2.05, 4.69) is 34.2 Å². The van der Waals surface area contributed by atoms with Gasteiger partial charge in [0.15, 0.2) is 0 Å². The molecule has 10 heteroatoms. The van der Waals surface area contributed by atoms with Crippen molar-refractivity contribution in [1.29, 1.82) is 0 Å². The number of ether oxygens (including phenoxy) is 2. The molecule has 5 heterocycles. The van der Waals surface area contributed by atoms with Crippen molar-refractivity contribution in [3.8, 4) is 45.4 Å². The van der Waals surface area contributed by atoms with Gasteiger partial charge in [0.1, 0.15) is 0 Å². The second-order valence-corrected chi connectivity index (χ2v) is 15.8. The predicted octanol–water partition coefficient (Wildman–Crippen LogP) is 7.55. The minimum atomic E-state index is 0.0749. The number of amides is 1. The molecule has 9 rings (SSSR count). The average Bonchev–Trinajstić information content (AvgIpc) is 3.82. The fraction of sp³-hybridized carbons (Fsp3) is 0.425. The molecule has 50 heavy (non-hydrogen) atoms. The summed E-state index contributed by atoms with van der Waals surface area (Å²) in [6.45, 7) is 7.16. The summed E-state index contributed by atoms with van der Waals surface area (Å²) in [4.78, 5) is 27.0. The minimum Gasteiger partial charge on any atom is -0.481 e. The van der Waals surface area contributed by atoms with Gasteiger partial charge < -0.3 is 14.8 Å². The van der Waals surface area contributed by atoms with Gasteiger partial charge in [-0.25, -0.2) is 9.97 Å². The lowest BCUT2D eigenvalue weighted by Gasteiger charge is -2.50. The van der Waals surface area contributed by atoms with Crippen LogP contribution in [0, 0.1) is 11.3 Å². The lowest BCUT2D eigenvalue weighted by molar-refractivity contribution is -0.121. The maximum Gasteiger partial charge on any atom is 0.220 e. The summed E-state index contributed by atoms with van der Waals surface area (Å²) in [5, 5.41) is 4.20. The van der Waals surface area contributed by atoms with Crippen molar-refractivity contribution in [2.24, 2.45) is 11.3 Å². The molecular weight excluding hydrogens is 669 g/mol. The summed E-state index contributed by atoms with van der Waals surface area (Å²) in [6.07, 6.45) is 4.64. The largest absolute Gasteiger partial charge is 0.481 e. The monoisotopic (exact) mass is 709 g/mol. The molecule has 1 amide bonds. The predicted molar refractivity (Wildman–Crippen MR) is 196 cm³/mol. The fourth-order valence-electron chi connectivity index (χ4n) is 9.37. The Morgan fingerprint density at radius 1 is 0.780 bits per heavy atom. The van der Waals surface area contributed by atoms with Gasteiger partial charge in [0.25, 0.3) is 0 Å². The molecule has 2 aliphatic carbocycles. The highest BCUT2D eigenvalue weighted by Gasteiger charge is 2.51. The zero-order chi connectivity index (χ0) is 34.3. The van der Waals surface area contributed by atoms with Gasteiger partial charge in [0, 0.05) is 90.0 Å². The summed E-state index contributed by atoms with van der Waals surface area (Å²) < 4.78 is 11.8. The van der Waals surface area contributed by atoms with Crippen molar-refractivity contribution in [3.63, 3.8) is 0 Å². The normalized spacial score (nSPS) is 22.6. The number of carbonyl (C=O) groups is 1. The number of pyridine rings is 2. The summed E-state index contributed by atoms with van der Waals surface area (Å²) in [5.41, 5.74) is 9.93. The van der Waals surface area contributed by atoms with E-state index in [0.717, 1.165) is 104 Å². The van der Waals surface area contributed by atoms with E-state index in [-0.39, 0.29) is 17.4 Å². The number of benzene rings is 2. The first-order valence-corrected chi connectivity index (χ1v) is 18.5. The zero-order valence-electron chi connectivity index (χ0n) is 28.7. The number of halogens is 2. The Bertz CT molecular complexity index is 2040. The molecule has 2 unspecified atom stereocenters. The second kappa shape index (κ2) is 12.2. The molecule has 2 aromatic heterocycles. The molecule has 3 saturated heterocycles. The Hall–Kier alpha value is -3.69. The van der Waals surface area contributed by atoms with Crippen molar-refractivity contribution in [1.82, 2.24) is 25.1 Å². The van der Waals surface area contributed by atoms with E-state index in [0.29, 0.717) is 34.3 Å². The van der Waals surface area contributed by atoms with Crippen molar-refractivity contribution >= 4 is 29.1 Å². The quantitative estimate of drug-likeness (QED) is 0.212. The van der Waals surface area contributed by atoms with E-state index in [1.54, 1.807) is 14.2 Å². The molecule has 3 aliphatic heterocycles. The van der Waals surface area contributed by atoms with Gasteiger partial charge >= 0.3 is 0 Å². The number of aryl methyl sites for hydroxylation is 2. The van der Waals surface area contributed by atoms with Crippen LogP contribution in [-0.2, 0) is 17.6 Å². The van der Waals surface area contributed by atoms with Crippen LogP contribution in [0.15, 0.2) is 48.5 Å². The Balaban J connectivity index is 1.03. The summed E-state index contributed by atoms with van der Waals surface area (Å²) in [7, 11) is 3.40. The lowest BCUT2D eigenvalue weighted by atomic mass is 9.77. The van der Waals surface area contributed by atoms with Crippen LogP contribution in [0.1, 0.15) is 60.5 Å². The molecule has 5 aliphatic rings. The van der Waals surface area contributed by atoms with Crippen molar-refractivity contribution in [2.45, 2.75) is 51.1 Å². The third-order valence-electron chi connectivity index (χ3n) is 11.7. The zero-order valence-corrected chi connectivity index (χ0v) is 30.2. The third-order valence-corrected chi connectivity index (χ3v) is 12.5. The third kappa shape index (κ3) is 5.13. The maximum absolute atomic E-state index is 11.9. The Morgan fingerprint density at radius 3 is 1.74 bits per heavy atom. The van der Waals surface area contributed by atoms with E-state index >= 15 is 0 Å². The molecule has 2 atom stereocenters. The number of methoxy groups -OCH3 is 2. The highest BCUT2D eigenvalue weighted by molar-refractivity contribution is 6.39. The summed E-state index contributed by atoms with van der Waals surface area (Å²) in [6, 6.07) is 17.0. The Labute approximate surface area is 303 Å². The van der Waals surface area contributed by atoms with E-state index in [4.69, 9.17) is 42.6 Å². The molecule has 3 fully saturated rings. The van der Waals surface area contributed by atoms with Crippen LogP contribution in [0.3, 0.4) is 0 Å². The second-order valence-electron chi connectivity index (χ2n) is 15.0. The van der Waals surface area contributed by atoms with E-state index in [1.165, 1.54) is 16.7 Å². The van der Waals surface area contributed by atoms with Gasteiger partial charge in [-0.3, -0.25) is 14.6 Å². The molecule has 0 saturated carbocycles.